The topological polar surface area (TPSA) is 61.6 Å². The summed E-state index contributed by atoms with van der Waals surface area (Å²) >= 11 is 0. The fourth-order valence-corrected chi connectivity index (χ4v) is 3.36. The molecule has 0 saturated carbocycles. The van der Waals surface area contributed by atoms with Crippen LogP contribution in [0.4, 0.5) is 5.69 Å². The number of fused-ring (bicyclic) bond motifs is 1. The largest absolute Gasteiger partial charge is 0.385 e. The van der Waals surface area contributed by atoms with Crippen LogP contribution in [0.3, 0.4) is 0 Å². The fourth-order valence-electron chi connectivity index (χ4n) is 3.36. The van der Waals surface area contributed by atoms with Gasteiger partial charge in [-0.2, -0.15) is 0 Å². The molecule has 26 heavy (non-hydrogen) atoms. The number of hydrogen-bond donors (Lipinski definition) is 2. The van der Waals surface area contributed by atoms with Gasteiger partial charge in [0.1, 0.15) is 0 Å². The first kappa shape index (κ1) is 18.4. The predicted octanol–water partition coefficient (Wildman–Crippen LogP) is 2.29. The minimum absolute atomic E-state index is 0.00119. The van der Waals surface area contributed by atoms with Crippen LogP contribution in [-0.2, 0) is 17.9 Å². The fraction of sp³-hybridized carbons (Fsp3) is 0.381. The van der Waals surface area contributed by atoms with Gasteiger partial charge in [0, 0.05) is 45.0 Å². The third-order valence-corrected chi connectivity index (χ3v) is 4.81. The van der Waals surface area contributed by atoms with E-state index in [1.807, 2.05) is 23.1 Å². The van der Waals surface area contributed by atoms with Gasteiger partial charge in [-0.15, -0.1) is 0 Å². The molecule has 1 aliphatic heterocycles. The molecule has 5 heteroatoms. The molecule has 3 N–H and O–H groups in total. The summed E-state index contributed by atoms with van der Waals surface area (Å²) in [5.41, 5.74) is 9.21. The SMILES string of the molecule is NCC(=O)N1CCN(Cc2ccccc2)CCCNc2ccccc2C1. The average Bonchev–Trinajstić information content (AvgIpc) is 2.72. The zero-order chi connectivity index (χ0) is 18.2. The van der Waals surface area contributed by atoms with Gasteiger partial charge >= 0.3 is 0 Å². The Balaban J connectivity index is 1.75. The Morgan fingerprint density at radius 3 is 2.58 bits per heavy atom. The highest BCUT2D eigenvalue weighted by Crippen LogP contribution is 2.18. The van der Waals surface area contributed by atoms with Crippen LogP contribution < -0.4 is 11.1 Å². The van der Waals surface area contributed by atoms with E-state index in [4.69, 9.17) is 5.73 Å². The second-order valence-electron chi connectivity index (χ2n) is 6.72. The second-order valence-corrected chi connectivity index (χ2v) is 6.72. The summed E-state index contributed by atoms with van der Waals surface area (Å²) in [6, 6.07) is 18.7. The van der Waals surface area contributed by atoms with E-state index in [1.165, 1.54) is 5.56 Å². The van der Waals surface area contributed by atoms with Gasteiger partial charge in [0.25, 0.3) is 0 Å². The Morgan fingerprint density at radius 1 is 1.00 bits per heavy atom. The third kappa shape index (κ3) is 5.07. The van der Waals surface area contributed by atoms with Gasteiger partial charge in [-0.25, -0.2) is 0 Å². The van der Waals surface area contributed by atoms with E-state index in [0.29, 0.717) is 13.1 Å². The maximum absolute atomic E-state index is 12.4. The van der Waals surface area contributed by atoms with Crippen LogP contribution in [0.1, 0.15) is 17.5 Å². The van der Waals surface area contributed by atoms with E-state index in [2.05, 4.69) is 46.6 Å². The zero-order valence-electron chi connectivity index (χ0n) is 15.2. The third-order valence-electron chi connectivity index (χ3n) is 4.81. The zero-order valence-corrected chi connectivity index (χ0v) is 15.2. The molecule has 2 aromatic carbocycles. The lowest BCUT2D eigenvalue weighted by atomic mass is 10.1. The molecule has 0 fully saturated rings. The molecule has 0 aromatic heterocycles. The number of nitrogens with two attached hydrogens (primary N) is 1. The lowest BCUT2D eigenvalue weighted by molar-refractivity contribution is -0.130. The molecule has 1 aliphatic rings. The van der Waals surface area contributed by atoms with E-state index in [-0.39, 0.29) is 12.5 Å². The Kier molecular flexibility index (Phi) is 6.63. The molecular weight excluding hydrogens is 324 g/mol. The number of carbonyl (C=O) groups excluding carboxylic acids is 1. The number of para-hydroxylation sites is 1. The number of nitrogens with zero attached hydrogens (tertiary/aromatic N) is 2. The second kappa shape index (κ2) is 9.36. The maximum atomic E-state index is 12.4. The van der Waals surface area contributed by atoms with Crippen molar-refractivity contribution in [3.63, 3.8) is 0 Å². The Morgan fingerprint density at radius 2 is 1.77 bits per heavy atom. The van der Waals surface area contributed by atoms with E-state index < -0.39 is 0 Å². The number of carbonyl (C=O) groups is 1. The van der Waals surface area contributed by atoms with Crippen molar-refractivity contribution in [2.45, 2.75) is 19.5 Å². The molecule has 1 heterocycles. The Hall–Kier alpha value is -2.37. The van der Waals surface area contributed by atoms with E-state index in [9.17, 15) is 4.79 Å². The first-order chi connectivity index (χ1) is 12.8. The molecule has 0 radical (unpaired) electrons. The van der Waals surface area contributed by atoms with Crippen molar-refractivity contribution in [2.24, 2.45) is 5.73 Å². The quantitative estimate of drug-likeness (QED) is 0.890. The van der Waals surface area contributed by atoms with Gasteiger partial charge in [0.05, 0.1) is 6.54 Å². The summed E-state index contributed by atoms with van der Waals surface area (Å²) < 4.78 is 0. The van der Waals surface area contributed by atoms with Crippen molar-refractivity contribution in [2.75, 3.05) is 38.0 Å². The summed E-state index contributed by atoms with van der Waals surface area (Å²) in [5.74, 6) is -0.00119. The van der Waals surface area contributed by atoms with Gasteiger partial charge in [-0.1, -0.05) is 48.5 Å². The molecule has 138 valence electrons. The summed E-state index contributed by atoms with van der Waals surface area (Å²) in [5, 5.41) is 3.53. The molecule has 5 nitrogen and oxygen atoms in total. The minimum Gasteiger partial charge on any atom is -0.385 e. The van der Waals surface area contributed by atoms with Crippen molar-refractivity contribution in [1.82, 2.24) is 9.80 Å². The number of hydrogen-bond acceptors (Lipinski definition) is 4. The Bertz CT molecular complexity index is 704. The summed E-state index contributed by atoms with van der Waals surface area (Å²) in [4.78, 5) is 16.7. The van der Waals surface area contributed by atoms with Crippen molar-refractivity contribution in [3.8, 4) is 0 Å². The lowest BCUT2D eigenvalue weighted by Gasteiger charge is -2.27. The van der Waals surface area contributed by atoms with Gasteiger partial charge in [0.2, 0.25) is 5.91 Å². The number of rotatable bonds is 3. The molecule has 0 saturated heterocycles. The van der Waals surface area contributed by atoms with Crippen molar-refractivity contribution >= 4 is 11.6 Å². The summed E-state index contributed by atoms with van der Waals surface area (Å²) in [6.07, 6.45) is 1.06. The lowest BCUT2D eigenvalue weighted by Crippen LogP contribution is -2.41. The predicted molar refractivity (Wildman–Crippen MR) is 106 cm³/mol. The van der Waals surface area contributed by atoms with Crippen LogP contribution in [0.5, 0.6) is 0 Å². The summed E-state index contributed by atoms with van der Waals surface area (Å²) in [7, 11) is 0. The van der Waals surface area contributed by atoms with Gasteiger partial charge < -0.3 is 16.0 Å². The van der Waals surface area contributed by atoms with Crippen molar-refractivity contribution < 1.29 is 4.79 Å². The van der Waals surface area contributed by atoms with Crippen LogP contribution in [0.2, 0.25) is 0 Å². The number of anilines is 1. The monoisotopic (exact) mass is 352 g/mol. The molecule has 0 bridgehead atoms. The highest BCUT2D eigenvalue weighted by molar-refractivity contribution is 5.78. The molecule has 0 atom stereocenters. The van der Waals surface area contributed by atoms with Crippen molar-refractivity contribution in [1.29, 1.82) is 0 Å². The van der Waals surface area contributed by atoms with Gasteiger partial charge in [-0.3, -0.25) is 9.69 Å². The molecule has 2 aromatic rings. The average molecular weight is 352 g/mol. The molecule has 0 aliphatic carbocycles. The highest BCUT2D eigenvalue weighted by Gasteiger charge is 2.17. The smallest absolute Gasteiger partial charge is 0.236 e. The highest BCUT2D eigenvalue weighted by atomic mass is 16.2. The minimum atomic E-state index is -0.00119. The van der Waals surface area contributed by atoms with Crippen molar-refractivity contribution in [3.05, 3.63) is 65.7 Å². The standard InChI is InChI=1S/C21H28N4O/c22-15-21(26)25-14-13-24(16-18-7-2-1-3-8-18)12-6-11-23-20-10-5-4-9-19(20)17-25/h1-5,7-10,23H,6,11-17,22H2. The normalized spacial score (nSPS) is 16.3. The maximum Gasteiger partial charge on any atom is 0.236 e. The molecule has 1 amide bonds. The van der Waals surface area contributed by atoms with Crippen LogP contribution >= 0.6 is 0 Å². The van der Waals surface area contributed by atoms with Crippen LogP contribution in [0, 0.1) is 0 Å². The van der Waals surface area contributed by atoms with Gasteiger partial charge in [-0.05, 0) is 23.6 Å². The number of nitrogens with one attached hydrogen (secondary N) is 1. The molecule has 0 spiro atoms. The van der Waals surface area contributed by atoms with Crippen LogP contribution in [0.15, 0.2) is 54.6 Å². The number of amides is 1. The van der Waals surface area contributed by atoms with E-state index >= 15 is 0 Å². The first-order valence-corrected chi connectivity index (χ1v) is 9.32. The molecule has 3 rings (SSSR count). The summed E-state index contributed by atoms with van der Waals surface area (Å²) in [6.45, 7) is 5.01. The van der Waals surface area contributed by atoms with Gasteiger partial charge in [0.15, 0.2) is 0 Å². The van der Waals surface area contributed by atoms with Crippen LogP contribution in [-0.4, -0.2) is 48.4 Å². The van der Waals surface area contributed by atoms with E-state index in [0.717, 1.165) is 43.9 Å². The first-order valence-electron chi connectivity index (χ1n) is 9.32. The molecule has 0 unspecified atom stereocenters. The Labute approximate surface area is 155 Å². The van der Waals surface area contributed by atoms with E-state index in [1.54, 1.807) is 0 Å². The molecular formula is C21H28N4O. The number of benzene rings is 2. The van der Waals surface area contributed by atoms with Crippen LogP contribution in [0.25, 0.3) is 0 Å².